The van der Waals surface area contributed by atoms with Crippen molar-refractivity contribution in [3.63, 3.8) is 0 Å². The van der Waals surface area contributed by atoms with E-state index in [1.165, 1.54) is 12.8 Å². The van der Waals surface area contributed by atoms with Crippen LogP contribution in [0, 0.1) is 5.92 Å². The Kier molecular flexibility index (Phi) is 5.53. The zero-order valence-electron chi connectivity index (χ0n) is 16.7. The van der Waals surface area contributed by atoms with E-state index in [1.54, 1.807) is 0 Å². The van der Waals surface area contributed by atoms with Crippen molar-refractivity contribution in [3.05, 3.63) is 59.5 Å². The number of furan rings is 1. The standard InChI is InChI=1S/C23H28N2O3/c1-3-27-23(26)21-14-22-20(25(21)15-18-7-5-4-6-8-18)13-19(28-22)16-24-11-9-17(2)10-12-24/h4-8,13-14,17H,3,9-12,15-16H2,1-2H3. The molecule has 0 aliphatic carbocycles. The predicted octanol–water partition coefficient (Wildman–Crippen LogP) is 4.69. The first-order valence-electron chi connectivity index (χ1n) is 10.2. The van der Waals surface area contributed by atoms with Crippen LogP contribution in [-0.2, 0) is 17.8 Å². The fourth-order valence-corrected chi connectivity index (χ4v) is 3.92. The highest BCUT2D eigenvalue weighted by Gasteiger charge is 2.22. The van der Waals surface area contributed by atoms with Crippen LogP contribution in [0.4, 0.5) is 0 Å². The minimum atomic E-state index is -0.309. The smallest absolute Gasteiger partial charge is 0.355 e. The third-order valence-corrected chi connectivity index (χ3v) is 5.56. The maximum Gasteiger partial charge on any atom is 0.355 e. The zero-order valence-corrected chi connectivity index (χ0v) is 16.7. The van der Waals surface area contributed by atoms with Gasteiger partial charge in [-0.05, 0) is 44.3 Å². The summed E-state index contributed by atoms with van der Waals surface area (Å²) in [6.07, 6.45) is 2.49. The summed E-state index contributed by atoms with van der Waals surface area (Å²) in [6.45, 7) is 8.16. The van der Waals surface area contributed by atoms with Gasteiger partial charge in [-0.2, -0.15) is 0 Å². The number of ether oxygens (including phenoxy) is 1. The van der Waals surface area contributed by atoms with Crippen LogP contribution in [0.5, 0.6) is 0 Å². The molecule has 28 heavy (non-hydrogen) atoms. The second-order valence-electron chi connectivity index (χ2n) is 7.74. The van der Waals surface area contributed by atoms with Gasteiger partial charge in [-0.1, -0.05) is 37.3 Å². The van der Waals surface area contributed by atoms with Crippen LogP contribution >= 0.6 is 0 Å². The first-order chi connectivity index (χ1) is 13.6. The Balaban J connectivity index is 1.63. The number of likely N-dealkylation sites (tertiary alicyclic amines) is 1. The van der Waals surface area contributed by atoms with Crippen LogP contribution in [0.3, 0.4) is 0 Å². The van der Waals surface area contributed by atoms with Gasteiger partial charge in [-0.25, -0.2) is 4.79 Å². The van der Waals surface area contributed by atoms with Crippen LogP contribution < -0.4 is 0 Å². The number of hydrogen-bond donors (Lipinski definition) is 0. The Bertz CT molecular complexity index is 934. The van der Waals surface area contributed by atoms with Gasteiger partial charge in [0, 0.05) is 18.7 Å². The highest BCUT2D eigenvalue weighted by Crippen LogP contribution is 2.27. The van der Waals surface area contributed by atoms with Gasteiger partial charge in [0.05, 0.1) is 18.7 Å². The van der Waals surface area contributed by atoms with Crippen molar-refractivity contribution < 1.29 is 13.9 Å². The van der Waals surface area contributed by atoms with Gasteiger partial charge in [0.25, 0.3) is 0 Å². The maximum absolute atomic E-state index is 12.5. The summed E-state index contributed by atoms with van der Waals surface area (Å²) in [5.74, 6) is 1.46. The number of carbonyl (C=O) groups excluding carboxylic acids is 1. The van der Waals surface area contributed by atoms with Crippen molar-refractivity contribution in [3.8, 4) is 0 Å². The molecule has 0 bridgehead atoms. The number of piperidine rings is 1. The highest BCUT2D eigenvalue weighted by atomic mass is 16.5. The second kappa shape index (κ2) is 8.23. The maximum atomic E-state index is 12.5. The lowest BCUT2D eigenvalue weighted by molar-refractivity contribution is 0.0515. The predicted molar refractivity (Wildman–Crippen MR) is 109 cm³/mol. The van der Waals surface area contributed by atoms with Crippen molar-refractivity contribution in [2.45, 2.75) is 39.8 Å². The van der Waals surface area contributed by atoms with Gasteiger partial charge in [0.1, 0.15) is 11.5 Å². The van der Waals surface area contributed by atoms with E-state index in [0.29, 0.717) is 18.8 Å². The summed E-state index contributed by atoms with van der Waals surface area (Å²) in [5.41, 5.74) is 3.38. The molecule has 0 unspecified atom stereocenters. The highest BCUT2D eigenvalue weighted by molar-refractivity contribution is 5.94. The number of nitrogens with zero attached hydrogens (tertiary/aromatic N) is 2. The van der Waals surface area contributed by atoms with Crippen molar-refractivity contribution in [2.75, 3.05) is 19.7 Å². The minimum absolute atomic E-state index is 0.309. The number of benzene rings is 1. The molecule has 0 atom stereocenters. The summed E-state index contributed by atoms with van der Waals surface area (Å²) in [5, 5.41) is 0. The van der Waals surface area contributed by atoms with Gasteiger partial charge in [0.15, 0.2) is 5.58 Å². The first kappa shape index (κ1) is 18.8. The Morgan fingerprint density at radius 2 is 1.89 bits per heavy atom. The fraction of sp³-hybridized carbons (Fsp3) is 0.435. The molecule has 148 valence electrons. The van der Waals surface area contributed by atoms with Crippen molar-refractivity contribution >= 4 is 17.1 Å². The third kappa shape index (κ3) is 3.99. The van der Waals surface area contributed by atoms with E-state index in [0.717, 1.165) is 48.0 Å². The number of esters is 1. The van der Waals surface area contributed by atoms with Gasteiger partial charge < -0.3 is 13.7 Å². The molecule has 0 spiro atoms. The van der Waals surface area contributed by atoms with Crippen molar-refractivity contribution in [1.29, 1.82) is 0 Å². The Morgan fingerprint density at radius 1 is 1.14 bits per heavy atom. The van der Waals surface area contributed by atoms with E-state index < -0.39 is 0 Å². The largest absolute Gasteiger partial charge is 0.461 e. The Labute approximate surface area is 165 Å². The Morgan fingerprint density at radius 3 is 2.61 bits per heavy atom. The molecule has 0 radical (unpaired) electrons. The summed E-state index contributed by atoms with van der Waals surface area (Å²) >= 11 is 0. The molecule has 1 aliphatic heterocycles. The fourth-order valence-electron chi connectivity index (χ4n) is 3.92. The van der Waals surface area contributed by atoms with Crippen LogP contribution in [-0.4, -0.2) is 35.1 Å². The van der Waals surface area contributed by atoms with Gasteiger partial charge in [0.2, 0.25) is 0 Å². The molecule has 1 saturated heterocycles. The average Bonchev–Trinajstić information content (AvgIpc) is 3.23. The van der Waals surface area contributed by atoms with E-state index in [2.05, 4.69) is 30.0 Å². The quantitative estimate of drug-likeness (QED) is 0.582. The minimum Gasteiger partial charge on any atom is -0.461 e. The van der Waals surface area contributed by atoms with E-state index in [4.69, 9.17) is 9.15 Å². The molecule has 0 N–H and O–H groups in total. The molecule has 3 aromatic rings. The molecule has 2 aromatic heterocycles. The van der Waals surface area contributed by atoms with Crippen LogP contribution in [0.15, 0.2) is 46.9 Å². The summed E-state index contributed by atoms with van der Waals surface area (Å²) in [7, 11) is 0. The van der Waals surface area contributed by atoms with Crippen molar-refractivity contribution in [1.82, 2.24) is 9.47 Å². The summed E-state index contributed by atoms with van der Waals surface area (Å²) in [4.78, 5) is 14.9. The molecule has 0 amide bonds. The monoisotopic (exact) mass is 380 g/mol. The topological polar surface area (TPSA) is 47.6 Å². The molecule has 5 nitrogen and oxygen atoms in total. The van der Waals surface area contributed by atoms with E-state index in [1.807, 2.05) is 35.8 Å². The number of aromatic nitrogens is 1. The zero-order chi connectivity index (χ0) is 19.5. The van der Waals surface area contributed by atoms with Gasteiger partial charge in [-0.15, -0.1) is 0 Å². The number of carbonyl (C=O) groups is 1. The number of rotatable bonds is 6. The first-order valence-corrected chi connectivity index (χ1v) is 10.2. The Hall–Kier alpha value is -2.53. The van der Waals surface area contributed by atoms with E-state index >= 15 is 0 Å². The molecule has 0 saturated carbocycles. The molecular formula is C23H28N2O3. The number of hydrogen-bond acceptors (Lipinski definition) is 4. The summed E-state index contributed by atoms with van der Waals surface area (Å²) in [6, 6.07) is 14.1. The van der Waals surface area contributed by atoms with Gasteiger partial charge >= 0.3 is 5.97 Å². The molecule has 5 heteroatoms. The summed E-state index contributed by atoms with van der Waals surface area (Å²) < 4.78 is 13.4. The molecule has 1 aromatic carbocycles. The second-order valence-corrected chi connectivity index (χ2v) is 7.74. The lowest BCUT2D eigenvalue weighted by Gasteiger charge is -2.29. The van der Waals surface area contributed by atoms with Gasteiger partial charge in [-0.3, -0.25) is 4.90 Å². The normalized spacial score (nSPS) is 15.9. The average molecular weight is 380 g/mol. The van der Waals surface area contributed by atoms with Crippen LogP contribution in [0.1, 0.15) is 48.5 Å². The molecule has 1 aliphatic rings. The lowest BCUT2D eigenvalue weighted by atomic mass is 9.99. The molecule has 3 heterocycles. The van der Waals surface area contributed by atoms with Crippen LogP contribution in [0.25, 0.3) is 11.1 Å². The van der Waals surface area contributed by atoms with Crippen LogP contribution in [0.2, 0.25) is 0 Å². The van der Waals surface area contributed by atoms with E-state index in [-0.39, 0.29) is 5.97 Å². The third-order valence-electron chi connectivity index (χ3n) is 5.56. The molecule has 4 rings (SSSR count). The molecule has 1 fully saturated rings. The molecular weight excluding hydrogens is 352 g/mol. The lowest BCUT2D eigenvalue weighted by Crippen LogP contribution is -2.32. The SMILES string of the molecule is CCOC(=O)c1cc2oc(CN3CCC(C)CC3)cc2n1Cc1ccccc1. The number of fused-ring (bicyclic) bond motifs is 1. The van der Waals surface area contributed by atoms with Crippen molar-refractivity contribution in [2.24, 2.45) is 5.92 Å². The van der Waals surface area contributed by atoms with E-state index in [9.17, 15) is 4.79 Å².